The zero-order valence-corrected chi connectivity index (χ0v) is 21.7. The van der Waals surface area contributed by atoms with E-state index in [1.165, 1.54) is 26.2 Å². The SMILES string of the molecule is COP(=O)(OC[C@H]1O[C@@H](n2cc(C)c(=O)[nH]c2=O)C[C@@H]1O)O[C@H]1C[C@H](n2cc(C)c(=O)[nH]c2=O)O[C@@H]1CO. The molecule has 0 bridgehead atoms. The van der Waals surface area contributed by atoms with Gasteiger partial charge in [0.2, 0.25) is 0 Å². The summed E-state index contributed by atoms with van der Waals surface area (Å²) in [5.74, 6) is 0. The molecule has 0 radical (unpaired) electrons. The van der Waals surface area contributed by atoms with Gasteiger partial charge in [-0.25, -0.2) is 14.2 Å². The van der Waals surface area contributed by atoms with Crippen LogP contribution in [0.1, 0.15) is 36.4 Å². The fourth-order valence-electron chi connectivity index (χ4n) is 4.24. The van der Waals surface area contributed by atoms with E-state index in [-0.39, 0.29) is 24.0 Å². The molecule has 2 fully saturated rings. The van der Waals surface area contributed by atoms with E-state index in [2.05, 4.69) is 9.97 Å². The Bertz CT molecular complexity index is 1450. The molecule has 4 rings (SSSR count). The molecule has 2 aliphatic rings. The summed E-state index contributed by atoms with van der Waals surface area (Å²) in [5.41, 5.74) is -2.00. The van der Waals surface area contributed by atoms with Crippen molar-refractivity contribution in [1.29, 1.82) is 0 Å². The lowest BCUT2D eigenvalue weighted by atomic mass is 10.2. The molecule has 0 saturated carbocycles. The fraction of sp³-hybridized carbons (Fsp3) is 0.619. The molecule has 2 aliphatic heterocycles. The van der Waals surface area contributed by atoms with Crippen molar-refractivity contribution >= 4 is 7.82 Å². The van der Waals surface area contributed by atoms with Crippen LogP contribution in [0.25, 0.3) is 0 Å². The first kappa shape index (κ1) is 28.3. The molecular formula is C21H29N4O12P. The second-order valence-electron chi connectivity index (χ2n) is 9.01. The van der Waals surface area contributed by atoms with Crippen molar-refractivity contribution in [2.24, 2.45) is 0 Å². The number of nitrogens with zero attached hydrogens (tertiary/aromatic N) is 2. The molecule has 4 N–H and O–H groups in total. The van der Waals surface area contributed by atoms with Crippen LogP contribution in [0.5, 0.6) is 0 Å². The van der Waals surface area contributed by atoms with Crippen molar-refractivity contribution in [2.45, 2.75) is 63.6 Å². The average molecular weight is 560 g/mol. The Labute approximate surface area is 214 Å². The monoisotopic (exact) mass is 560 g/mol. The standard InChI is InChI=1S/C21H29N4O12P/c1-10-6-24(20(30)22-18(10)28)16-4-12(27)15(36-16)9-34-38(32,33-3)37-13-5-17(35-14(13)8-26)25-7-11(2)19(29)23-21(25)31/h6-7,12-17,26-27H,4-5,8-9H2,1-3H3,(H,22,28,30)(H,23,29,31)/t12-,13-,14+,15+,16+,17+,38?/m0/s1. The van der Waals surface area contributed by atoms with Gasteiger partial charge in [-0.2, -0.15) is 0 Å². The Hall–Kier alpha value is -2.69. The van der Waals surface area contributed by atoms with Gasteiger partial charge < -0.3 is 19.7 Å². The number of nitrogens with one attached hydrogen (secondary N) is 2. The van der Waals surface area contributed by atoms with Crippen molar-refractivity contribution in [3.63, 3.8) is 0 Å². The number of aromatic nitrogens is 4. The molecule has 1 unspecified atom stereocenters. The van der Waals surface area contributed by atoms with Crippen LogP contribution in [-0.4, -0.2) is 74.1 Å². The number of rotatable bonds is 9. The second kappa shape index (κ2) is 11.2. The Morgan fingerprint density at radius 1 is 0.974 bits per heavy atom. The van der Waals surface area contributed by atoms with Gasteiger partial charge >= 0.3 is 19.2 Å². The van der Waals surface area contributed by atoms with Crippen LogP contribution in [0, 0.1) is 13.8 Å². The minimum atomic E-state index is -4.29. The highest BCUT2D eigenvalue weighted by molar-refractivity contribution is 7.48. The maximum atomic E-state index is 13.2. The van der Waals surface area contributed by atoms with Crippen LogP contribution < -0.4 is 22.5 Å². The van der Waals surface area contributed by atoms with Crippen LogP contribution in [0.4, 0.5) is 0 Å². The van der Waals surface area contributed by atoms with E-state index >= 15 is 0 Å². The Kier molecular flexibility index (Phi) is 8.34. The number of aromatic amines is 2. The van der Waals surface area contributed by atoms with E-state index in [1.54, 1.807) is 0 Å². The predicted molar refractivity (Wildman–Crippen MR) is 128 cm³/mol. The number of ether oxygens (including phenoxy) is 2. The van der Waals surface area contributed by atoms with Gasteiger partial charge in [-0.05, 0) is 13.8 Å². The van der Waals surface area contributed by atoms with Crippen LogP contribution in [0.2, 0.25) is 0 Å². The molecule has 17 heteroatoms. The van der Waals surface area contributed by atoms with Gasteiger partial charge in [0.15, 0.2) is 0 Å². The molecule has 16 nitrogen and oxygen atoms in total. The number of hydrogen-bond donors (Lipinski definition) is 4. The van der Waals surface area contributed by atoms with Gasteiger partial charge in [-0.1, -0.05) is 0 Å². The summed E-state index contributed by atoms with van der Waals surface area (Å²) in [7, 11) is -3.21. The Morgan fingerprint density at radius 2 is 1.50 bits per heavy atom. The third-order valence-electron chi connectivity index (χ3n) is 6.36. The summed E-state index contributed by atoms with van der Waals surface area (Å²) < 4.78 is 42.7. The largest absolute Gasteiger partial charge is 0.474 e. The lowest BCUT2D eigenvalue weighted by molar-refractivity contribution is -0.0588. The summed E-state index contributed by atoms with van der Waals surface area (Å²) in [5, 5.41) is 20.2. The average Bonchev–Trinajstić information content (AvgIpc) is 3.44. The molecule has 2 saturated heterocycles. The van der Waals surface area contributed by atoms with Crippen molar-refractivity contribution in [3.8, 4) is 0 Å². The van der Waals surface area contributed by atoms with E-state index in [4.69, 9.17) is 23.0 Å². The number of phosphoric acid groups is 1. The van der Waals surface area contributed by atoms with Gasteiger partial charge in [0, 0.05) is 43.5 Å². The predicted octanol–water partition coefficient (Wildman–Crippen LogP) is -1.21. The van der Waals surface area contributed by atoms with Gasteiger partial charge in [0.05, 0.1) is 19.3 Å². The maximum absolute atomic E-state index is 13.2. The first-order valence-electron chi connectivity index (χ1n) is 11.7. The molecular weight excluding hydrogens is 531 g/mol. The molecule has 0 spiro atoms. The number of aliphatic hydroxyl groups excluding tert-OH is 2. The van der Waals surface area contributed by atoms with Crippen LogP contribution >= 0.6 is 7.82 Å². The lowest BCUT2D eigenvalue weighted by Crippen LogP contribution is -2.33. The number of H-pyrrole nitrogens is 2. The number of aryl methyl sites for hydroxylation is 2. The Balaban J connectivity index is 1.42. The lowest BCUT2D eigenvalue weighted by Gasteiger charge is -2.24. The summed E-state index contributed by atoms with van der Waals surface area (Å²) in [6.45, 7) is 2.03. The van der Waals surface area contributed by atoms with Crippen molar-refractivity contribution in [2.75, 3.05) is 20.3 Å². The third-order valence-corrected chi connectivity index (χ3v) is 7.80. The van der Waals surface area contributed by atoms with Crippen molar-refractivity contribution in [3.05, 3.63) is 65.2 Å². The zero-order valence-electron chi connectivity index (χ0n) is 20.8. The molecule has 0 amide bonds. The zero-order chi connectivity index (χ0) is 27.8. The summed E-state index contributed by atoms with van der Waals surface area (Å²) >= 11 is 0. The summed E-state index contributed by atoms with van der Waals surface area (Å²) in [4.78, 5) is 52.0. The molecule has 2 aromatic rings. The second-order valence-corrected chi connectivity index (χ2v) is 10.7. The molecule has 210 valence electrons. The van der Waals surface area contributed by atoms with Gasteiger partial charge in [0.1, 0.15) is 30.8 Å². The smallest absolute Gasteiger partial charge is 0.394 e. The molecule has 7 atom stereocenters. The minimum Gasteiger partial charge on any atom is -0.394 e. The molecule has 2 aromatic heterocycles. The first-order chi connectivity index (χ1) is 17.9. The fourth-order valence-corrected chi connectivity index (χ4v) is 5.37. The van der Waals surface area contributed by atoms with Crippen LogP contribution in [0.3, 0.4) is 0 Å². The number of hydrogen-bond acceptors (Lipinski definition) is 12. The van der Waals surface area contributed by atoms with Crippen LogP contribution in [-0.2, 0) is 27.6 Å². The van der Waals surface area contributed by atoms with Crippen molar-refractivity contribution < 1.29 is 37.8 Å². The van der Waals surface area contributed by atoms with E-state index in [0.29, 0.717) is 0 Å². The number of aliphatic hydroxyl groups is 2. The summed E-state index contributed by atoms with van der Waals surface area (Å²) in [6.07, 6.45) is -3.43. The third kappa shape index (κ3) is 5.82. The maximum Gasteiger partial charge on any atom is 0.474 e. The van der Waals surface area contributed by atoms with Gasteiger partial charge in [0.25, 0.3) is 11.1 Å². The highest BCUT2D eigenvalue weighted by Crippen LogP contribution is 2.52. The quantitative estimate of drug-likeness (QED) is 0.266. The van der Waals surface area contributed by atoms with Gasteiger partial charge in [-0.15, -0.1) is 0 Å². The van der Waals surface area contributed by atoms with Crippen LogP contribution in [0.15, 0.2) is 31.6 Å². The van der Waals surface area contributed by atoms with E-state index in [0.717, 1.165) is 16.2 Å². The van der Waals surface area contributed by atoms with E-state index in [1.807, 2.05) is 0 Å². The first-order valence-corrected chi connectivity index (χ1v) is 13.1. The molecule has 0 aromatic carbocycles. The molecule has 4 heterocycles. The normalized spacial score (nSPS) is 29.0. The number of phosphoric ester groups is 1. The highest BCUT2D eigenvalue weighted by Gasteiger charge is 2.44. The molecule has 0 aliphatic carbocycles. The molecule has 38 heavy (non-hydrogen) atoms. The Morgan fingerprint density at radius 3 is 2.03 bits per heavy atom. The van der Waals surface area contributed by atoms with Gasteiger partial charge in [-0.3, -0.25) is 42.3 Å². The van der Waals surface area contributed by atoms with E-state index < -0.39 is 80.4 Å². The van der Waals surface area contributed by atoms with Crippen molar-refractivity contribution in [1.82, 2.24) is 19.1 Å². The minimum absolute atomic E-state index is 0.00434. The summed E-state index contributed by atoms with van der Waals surface area (Å²) in [6, 6.07) is 0. The topological polar surface area (TPSA) is 213 Å². The van der Waals surface area contributed by atoms with E-state index in [9.17, 15) is 34.0 Å². The highest BCUT2D eigenvalue weighted by atomic mass is 31.2.